The molecule has 0 fully saturated rings. The second-order valence-corrected chi connectivity index (χ2v) is 12.6. The number of rotatable bonds is 3. The molecule has 0 bridgehead atoms. The van der Waals surface area contributed by atoms with Crippen LogP contribution in [0.2, 0.25) is 0 Å². The first kappa shape index (κ1) is 25.4. The van der Waals surface area contributed by atoms with Gasteiger partial charge in [0, 0.05) is 53.0 Å². The molecular weight excluding hydrogens is 583 g/mol. The lowest BCUT2D eigenvalue weighted by Crippen LogP contribution is -2.00. The molecule has 0 saturated carbocycles. The van der Waals surface area contributed by atoms with E-state index in [1.54, 1.807) is 0 Å². The molecule has 0 saturated heterocycles. The summed E-state index contributed by atoms with van der Waals surface area (Å²) in [6.07, 6.45) is 0. The minimum absolute atomic E-state index is 0.617. The van der Waals surface area contributed by atoms with Crippen molar-refractivity contribution in [2.24, 2.45) is 0 Å². The highest BCUT2D eigenvalue weighted by Crippen LogP contribution is 2.42. The standard InChI is InChI=1S/C41H23N3OS/c1-2-9-26(10-3-1)39-42-40(44-41(43-39)31-13-8-15-34-37(31)30-12-4-6-14-33(30)45-34)27-20-18-24-17-19-25-21-22-29-28-11-5-7-16-35(28)46-38(29)36(25)32(24)23-27/h1-23H. The minimum atomic E-state index is 0.617. The lowest BCUT2D eigenvalue weighted by atomic mass is 9.98. The maximum atomic E-state index is 6.22. The smallest absolute Gasteiger partial charge is 0.164 e. The van der Waals surface area contributed by atoms with Crippen molar-refractivity contribution in [3.05, 3.63) is 140 Å². The SMILES string of the molecule is c1ccc(-c2nc(-c3ccc4ccc5ccc6c7ccccc7sc6c5c4c3)nc(-c3cccc4oc5ccccc5c34)n2)cc1. The molecule has 0 aliphatic heterocycles. The van der Waals surface area contributed by atoms with Crippen LogP contribution in [0.1, 0.15) is 0 Å². The number of hydrogen-bond donors (Lipinski definition) is 0. The summed E-state index contributed by atoms with van der Waals surface area (Å²) in [5.74, 6) is 1.89. The fraction of sp³-hybridized carbons (Fsp3) is 0. The predicted molar refractivity (Wildman–Crippen MR) is 191 cm³/mol. The van der Waals surface area contributed by atoms with Gasteiger partial charge in [0.2, 0.25) is 0 Å². The molecular formula is C41H23N3OS. The summed E-state index contributed by atoms with van der Waals surface area (Å²) in [7, 11) is 0. The molecule has 0 aliphatic carbocycles. The highest BCUT2D eigenvalue weighted by Gasteiger charge is 2.18. The third-order valence-electron chi connectivity index (χ3n) is 8.91. The van der Waals surface area contributed by atoms with E-state index in [-0.39, 0.29) is 0 Å². The lowest BCUT2D eigenvalue weighted by Gasteiger charge is -2.11. The van der Waals surface area contributed by atoms with Gasteiger partial charge < -0.3 is 4.42 Å². The summed E-state index contributed by atoms with van der Waals surface area (Å²) in [6, 6.07) is 48.5. The summed E-state index contributed by atoms with van der Waals surface area (Å²) in [4.78, 5) is 15.3. The largest absolute Gasteiger partial charge is 0.456 e. The summed E-state index contributed by atoms with van der Waals surface area (Å²) in [5.41, 5.74) is 4.46. The van der Waals surface area contributed by atoms with E-state index in [9.17, 15) is 0 Å². The topological polar surface area (TPSA) is 51.8 Å². The number of furan rings is 1. The number of nitrogens with zero attached hydrogens (tertiary/aromatic N) is 3. The van der Waals surface area contributed by atoms with Crippen LogP contribution in [0.15, 0.2) is 144 Å². The molecule has 0 unspecified atom stereocenters. The normalized spacial score (nSPS) is 11.9. The summed E-state index contributed by atoms with van der Waals surface area (Å²) in [6.45, 7) is 0. The van der Waals surface area contributed by atoms with Crippen LogP contribution < -0.4 is 0 Å². The van der Waals surface area contributed by atoms with Crippen molar-refractivity contribution in [2.75, 3.05) is 0 Å². The number of para-hydroxylation sites is 1. The number of fused-ring (bicyclic) bond motifs is 10. The second-order valence-electron chi connectivity index (χ2n) is 11.6. The summed E-state index contributed by atoms with van der Waals surface area (Å²) >= 11 is 1.86. The average molecular weight is 606 g/mol. The van der Waals surface area contributed by atoms with Crippen LogP contribution in [0.4, 0.5) is 0 Å². The van der Waals surface area contributed by atoms with Crippen molar-refractivity contribution in [1.82, 2.24) is 15.0 Å². The van der Waals surface area contributed by atoms with Crippen molar-refractivity contribution < 1.29 is 4.42 Å². The Hall–Kier alpha value is -5.91. The first-order chi connectivity index (χ1) is 22.8. The average Bonchev–Trinajstić information content (AvgIpc) is 3.70. The molecule has 0 spiro atoms. The molecule has 0 N–H and O–H groups in total. The van der Waals surface area contributed by atoms with Gasteiger partial charge in [-0.2, -0.15) is 0 Å². The van der Waals surface area contributed by atoms with Gasteiger partial charge in [-0.25, -0.2) is 15.0 Å². The van der Waals surface area contributed by atoms with Crippen LogP contribution in [0.3, 0.4) is 0 Å². The van der Waals surface area contributed by atoms with E-state index in [2.05, 4.69) is 78.9 Å². The second kappa shape index (κ2) is 9.80. The number of hydrogen-bond acceptors (Lipinski definition) is 5. The van der Waals surface area contributed by atoms with Gasteiger partial charge >= 0.3 is 0 Å². The Morgan fingerprint density at radius 2 is 1.13 bits per heavy atom. The Morgan fingerprint density at radius 3 is 2.04 bits per heavy atom. The molecule has 10 aromatic rings. The number of thiophene rings is 1. The summed E-state index contributed by atoms with van der Waals surface area (Å²) in [5, 5.41) is 9.51. The van der Waals surface area contributed by atoms with Gasteiger partial charge in [0.05, 0.1) is 0 Å². The maximum absolute atomic E-state index is 6.22. The third-order valence-corrected chi connectivity index (χ3v) is 10.1. The molecule has 3 aromatic heterocycles. The zero-order chi connectivity index (χ0) is 30.2. The van der Waals surface area contributed by atoms with E-state index in [0.717, 1.165) is 38.6 Å². The Kier molecular flexibility index (Phi) is 5.41. The van der Waals surface area contributed by atoms with E-state index in [0.29, 0.717) is 17.5 Å². The first-order valence-corrected chi connectivity index (χ1v) is 16.1. The fourth-order valence-corrected chi connectivity index (χ4v) is 8.03. The van der Waals surface area contributed by atoms with E-state index in [1.807, 2.05) is 72.0 Å². The minimum Gasteiger partial charge on any atom is -0.456 e. The van der Waals surface area contributed by atoms with Crippen LogP contribution in [0.5, 0.6) is 0 Å². The Bertz CT molecular complexity index is 2820. The number of aromatic nitrogens is 3. The summed E-state index contributed by atoms with van der Waals surface area (Å²) < 4.78 is 8.83. The molecule has 7 aromatic carbocycles. The van der Waals surface area contributed by atoms with Crippen molar-refractivity contribution >= 4 is 75.0 Å². The van der Waals surface area contributed by atoms with Gasteiger partial charge in [0.25, 0.3) is 0 Å². The molecule has 46 heavy (non-hydrogen) atoms. The molecule has 0 radical (unpaired) electrons. The first-order valence-electron chi connectivity index (χ1n) is 15.3. The van der Waals surface area contributed by atoms with Gasteiger partial charge in [-0.15, -0.1) is 11.3 Å². The van der Waals surface area contributed by atoms with E-state index in [1.165, 1.54) is 41.7 Å². The predicted octanol–water partition coefficient (Wildman–Crippen LogP) is 11.4. The molecule has 3 heterocycles. The van der Waals surface area contributed by atoms with Gasteiger partial charge in [-0.05, 0) is 40.4 Å². The van der Waals surface area contributed by atoms with E-state index >= 15 is 0 Å². The van der Waals surface area contributed by atoms with Crippen molar-refractivity contribution in [2.45, 2.75) is 0 Å². The zero-order valence-electron chi connectivity index (χ0n) is 24.4. The monoisotopic (exact) mass is 605 g/mol. The molecule has 0 amide bonds. The maximum Gasteiger partial charge on any atom is 0.164 e. The highest BCUT2D eigenvalue weighted by molar-refractivity contribution is 7.26. The van der Waals surface area contributed by atoms with Gasteiger partial charge in [0.15, 0.2) is 17.5 Å². The van der Waals surface area contributed by atoms with Crippen LogP contribution in [0.25, 0.3) is 97.8 Å². The molecule has 214 valence electrons. The highest BCUT2D eigenvalue weighted by atomic mass is 32.1. The van der Waals surface area contributed by atoms with Crippen molar-refractivity contribution in [3.8, 4) is 34.2 Å². The van der Waals surface area contributed by atoms with E-state index in [4.69, 9.17) is 19.4 Å². The molecule has 10 rings (SSSR count). The van der Waals surface area contributed by atoms with Crippen molar-refractivity contribution in [3.63, 3.8) is 0 Å². The Morgan fingerprint density at radius 1 is 0.435 bits per heavy atom. The van der Waals surface area contributed by atoms with Crippen LogP contribution in [-0.2, 0) is 0 Å². The van der Waals surface area contributed by atoms with E-state index < -0.39 is 0 Å². The lowest BCUT2D eigenvalue weighted by molar-refractivity contribution is 0.669. The Labute approximate surface area is 267 Å². The molecule has 5 heteroatoms. The molecule has 0 atom stereocenters. The molecule has 4 nitrogen and oxygen atoms in total. The Balaban J connectivity index is 1.25. The zero-order valence-corrected chi connectivity index (χ0v) is 25.3. The quantitative estimate of drug-likeness (QED) is 0.188. The fourth-order valence-electron chi connectivity index (χ4n) is 6.76. The van der Waals surface area contributed by atoms with Crippen molar-refractivity contribution in [1.29, 1.82) is 0 Å². The number of benzene rings is 7. The molecule has 0 aliphatic rings. The third kappa shape index (κ3) is 3.82. The van der Waals surface area contributed by atoms with Crippen LogP contribution in [0, 0.1) is 0 Å². The van der Waals surface area contributed by atoms with Gasteiger partial charge in [-0.3, -0.25) is 0 Å². The van der Waals surface area contributed by atoms with Gasteiger partial charge in [-0.1, -0.05) is 115 Å². The van der Waals surface area contributed by atoms with Crippen LogP contribution >= 0.6 is 11.3 Å². The van der Waals surface area contributed by atoms with Gasteiger partial charge in [0.1, 0.15) is 11.2 Å². The van der Waals surface area contributed by atoms with Crippen LogP contribution in [-0.4, -0.2) is 15.0 Å².